The minimum Gasteiger partial charge on any atom is -0.481 e. The van der Waals surface area contributed by atoms with E-state index >= 15 is 0 Å². The summed E-state index contributed by atoms with van der Waals surface area (Å²) in [5.74, 6) is 0.201. The number of carboxylic acid groups (broad SMARTS) is 1. The predicted octanol–water partition coefficient (Wildman–Crippen LogP) is 6.15. The normalized spacial score (nSPS) is 13.9. The number of rotatable bonds is 9. The van der Waals surface area contributed by atoms with Crippen molar-refractivity contribution in [2.24, 2.45) is 0 Å². The fourth-order valence-corrected chi connectivity index (χ4v) is 5.05. The highest BCUT2D eigenvalue weighted by molar-refractivity contribution is 5.94. The lowest BCUT2D eigenvalue weighted by Crippen LogP contribution is -2.26. The van der Waals surface area contributed by atoms with E-state index in [1.54, 1.807) is 12.1 Å². The van der Waals surface area contributed by atoms with Crippen molar-refractivity contribution in [3.63, 3.8) is 0 Å². The van der Waals surface area contributed by atoms with Crippen LogP contribution < -0.4 is 10.2 Å². The molecular formula is C30H32N4O3. The van der Waals surface area contributed by atoms with E-state index in [2.05, 4.69) is 39.5 Å². The van der Waals surface area contributed by atoms with Gasteiger partial charge in [-0.1, -0.05) is 55.7 Å². The Kier molecular flexibility index (Phi) is 7.49. The van der Waals surface area contributed by atoms with Crippen LogP contribution in [0.5, 0.6) is 0 Å². The molecule has 1 saturated carbocycles. The summed E-state index contributed by atoms with van der Waals surface area (Å²) < 4.78 is 0. The lowest BCUT2D eigenvalue weighted by atomic mass is 9.84. The second-order valence-electron chi connectivity index (χ2n) is 9.69. The lowest BCUT2D eigenvalue weighted by molar-refractivity contribution is -0.136. The Balaban J connectivity index is 1.37. The van der Waals surface area contributed by atoms with Gasteiger partial charge in [-0.15, -0.1) is 0 Å². The van der Waals surface area contributed by atoms with E-state index < -0.39 is 5.97 Å². The van der Waals surface area contributed by atoms with Gasteiger partial charge in [0, 0.05) is 17.8 Å². The molecule has 7 heteroatoms. The Bertz CT molecular complexity index is 1320. The van der Waals surface area contributed by atoms with Gasteiger partial charge < -0.3 is 20.3 Å². The fraction of sp³-hybridized carbons (Fsp3) is 0.300. The van der Waals surface area contributed by atoms with Crippen molar-refractivity contribution in [2.45, 2.75) is 51.0 Å². The van der Waals surface area contributed by atoms with E-state index in [1.807, 2.05) is 36.4 Å². The van der Waals surface area contributed by atoms with Crippen LogP contribution in [-0.4, -0.2) is 33.5 Å². The number of hydrogen-bond donors (Lipinski definition) is 3. The maximum atomic E-state index is 12.3. The van der Waals surface area contributed by atoms with Crippen LogP contribution in [0.4, 0.5) is 11.6 Å². The summed E-state index contributed by atoms with van der Waals surface area (Å²) in [6.07, 6.45) is 6.40. The zero-order chi connectivity index (χ0) is 25.6. The van der Waals surface area contributed by atoms with E-state index in [9.17, 15) is 9.59 Å². The largest absolute Gasteiger partial charge is 0.481 e. The van der Waals surface area contributed by atoms with Crippen LogP contribution in [0.25, 0.3) is 11.0 Å². The van der Waals surface area contributed by atoms with E-state index in [0.29, 0.717) is 18.0 Å². The third-order valence-corrected chi connectivity index (χ3v) is 7.10. The number of benzene rings is 3. The Hall–Kier alpha value is -4.13. The molecule has 1 heterocycles. The van der Waals surface area contributed by atoms with Gasteiger partial charge in [0.2, 0.25) is 5.95 Å². The summed E-state index contributed by atoms with van der Waals surface area (Å²) in [4.78, 5) is 33.5. The van der Waals surface area contributed by atoms with Crippen LogP contribution in [0.2, 0.25) is 0 Å². The van der Waals surface area contributed by atoms with Gasteiger partial charge in [0.25, 0.3) is 5.91 Å². The van der Waals surface area contributed by atoms with Crippen molar-refractivity contribution < 1.29 is 14.7 Å². The molecule has 0 saturated heterocycles. The zero-order valence-corrected chi connectivity index (χ0v) is 20.8. The first-order valence-electron chi connectivity index (χ1n) is 13.0. The van der Waals surface area contributed by atoms with Crippen LogP contribution in [0.3, 0.4) is 0 Å². The van der Waals surface area contributed by atoms with Gasteiger partial charge >= 0.3 is 5.97 Å². The summed E-state index contributed by atoms with van der Waals surface area (Å²) in [6, 6.07) is 24.3. The Morgan fingerprint density at radius 2 is 1.68 bits per heavy atom. The van der Waals surface area contributed by atoms with Gasteiger partial charge in [0.1, 0.15) is 0 Å². The van der Waals surface area contributed by atoms with Gasteiger partial charge in [0.15, 0.2) is 0 Å². The molecule has 190 valence electrons. The van der Waals surface area contributed by atoms with E-state index in [4.69, 9.17) is 10.1 Å². The summed E-state index contributed by atoms with van der Waals surface area (Å²) in [7, 11) is 0. The second kappa shape index (κ2) is 11.3. The Labute approximate surface area is 216 Å². The number of fused-ring (bicyclic) bond motifs is 1. The second-order valence-corrected chi connectivity index (χ2v) is 9.69. The number of nitrogens with one attached hydrogen (secondary N) is 2. The van der Waals surface area contributed by atoms with Crippen LogP contribution in [0.1, 0.15) is 65.9 Å². The van der Waals surface area contributed by atoms with Gasteiger partial charge in [-0.05, 0) is 66.3 Å². The monoisotopic (exact) mass is 496 g/mol. The molecule has 0 atom stereocenters. The number of imidazole rings is 1. The molecule has 1 aromatic heterocycles. The number of anilines is 2. The quantitative estimate of drug-likeness (QED) is 0.258. The molecule has 1 amide bonds. The molecule has 0 radical (unpaired) electrons. The van der Waals surface area contributed by atoms with Gasteiger partial charge in [-0.2, -0.15) is 0 Å². The molecule has 3 N–H and O–H groups in total. The first-order valence-corrected chi connectivity index (χ1v) is 13.0. The highest BCUT2D eigenvalue weighted by Gasteiger charge is 2.18. The number of carboxylic acids is 1. The van der Waals surface area contributed by atoms with Crippen molar-refractivity contribution >= 4 is 34.5 Å². The minimum absolute atomic E-state index is 0.101. The average molecular weight is 497 g/mol. The third-order valence-electron chi connectivity index (χ3n) is 7.10. The molecule has 5 rings (SSSR count). The topological polar surface area (TPSA) is 98.3 Å². The van der Waals surface area contributed by atoms with Gasteiger partial charge in [-0.25, -0.2) is 4.98 Å². The summed E-state index contributed by atoms with van der Waals surface area (Å²) in [5, 5.41) is 11.4. The van der Waals surface area contributed by atoms with Gasteiger partial charge in [0.05, 0.1) is 24.0 Å². The molecule has 7 nitrogen and oxygen atoms in total. The maximum Gasteiger partial charge on any atom is 0.305 e. The molecular weight excluding hydrogens is 464 g/mol. The van der Waals surface area contributed by atoms with Crippen molar-refractivity contribution in [3.8, 4) is 0 Å². The number of aromatic amines is 1. The highest BCUT2D eigenvalue weighted by atomic mass is 16.4. The fourth-order valence-electron chi connectivity index (χ4n) is 5.05. The van der Waals surface area contributed by atoms with E-state index in [-0.39, 0.29) is 18.9 Å². The first-order chi connectivity index (χ1) is 18.1. The van der Waals surface area contributed by atoms with Gasteiger partial charge in [-0.3, -0.25) is 9.59 Å². The molecule has 0 bridgehead atoms. The molecule has 1 aliphatic rings. The van der Waals surface area contributed by atoms with Crippen molar-refractivity contribution in [1.82, 2.24) is 15.3 Å². The van der Waals surface area contributed by atoms with Crippen LogP contribution in [0.15, 0.2) is 72.8 Å². The molecule has 0 unspecified atom stereocenters. The smallest absolute Gasteiger partial charge is 0.305 e. The standard InChI is InChI=1S/C30H32N4O3/c35-28(36)18-19-31-29(37)24-12-10-21(11-13-24)20-34(30-32-26-8-4-5-9-27(26)33-30)25-16-14-23(15-17-25)22-6-2-1-3-7-22/h4-5,8-17,22H,1-3,6-7,18-20H2,(H,31,37)(H,32,33)(H,35,36). The van der Waals surface area contributed by atoms with Crippen LogP contribution in [0, 0.1) is 0 Å². The molecule has 1 fully saturated rings. The van der Waals surface area contributed by atoms with Crippen LogP contribution in [-0.2, 0) is 11.3 Å². The van der Waals surface area contributed by atoms with E-state index in [1.165, 1.54) is 37.7 Å². The average Bonchev–Trinajstić information content (AvgIpc) is 3.36. The molecule has 1 aliphatic carbocycles. The summed E-state index contributed by atoms with van der Waals surface area (Å²) >= 11 is 0. The Morgan fingerprint density at radius 3 is 2.38 bits per heavy atom. The summed E-state index contributed by atoms with van der Waals surface area (Å²) in [5.41, 5.74) is 5.88. The number of amides is 1. The number of aliphatic carboxylic acids is 1. The van der Waals surface area contributed by atoms with Crippen molar-refractivity contribution in [3.05, 3.63) is 89.5 Å². The molecule has 0 aliphatic heterocycles. The number of carbonyl (C=O) groups excluding carboxylic acids is 1. The SMILES string of the molecule is O=C(O)CCNC(=O)c1ccc(CN(c2ccc(C3CCCCC3)cc2)c2nc3ccccc3[nH]2)cc1. The summed E-state index contributed by atoms with van der Waals surface area (Å²) in [6.45, 7) is 0.677. The van der Waals surface area contributed by atoms with Crippen molar-refractivity contribution in [1.29, 1.82) is 0 Å². The maximum absolute atomic E-state index is 12.3. The molecule has 3 aromatic carbocycles. The Morgan fingerprint density at radius 1 is 0.946 bits per heavy atom. The number of nitrogens with zero attached hydrogens (tertiary/aromatic N) is 2. The molecule has 37 heavy (non-hydrogen) atoms. The number of carbonyl (C=O) groups is 2. The van der Waals surface area contributed by atoms with E-state index in [0.717, 1.165) is 28.2 Å². The highest BCUT2D eigenvalue weighted by Crippen LogP contribution is 2.34. The molecule has 4 aromatic rings. The third kappa shape index (κ3) is 6.00. The van der Waals surface area contributed by atoms with Crippen LogP contribution >= 0.6 is 0 Å². The molecule has 0 spiro atoms. The predicted molar refractivity (Wildman–Crippen MR) is 145 cm³/mol. The minimum atomic E-state index is -0.937. The number of para-hydroxylation sites is 2. The number of H-pyrrole nitrogens is 1. The van der Waals surface area contributed by atoms with Crippen molar-refractivity contribution in [2.75, 3.05) is 11.4 Å². The number of aromatic nitrogens is 2. The first kappa shape index (κ1) is 24.6. The number of hydrogen-bond acceptors (Lipinski definition) is 4. The lowest BCUT2D eigenvalue weighted by Gasteiger charge is -2.25. The zero-order valence-electron chi connectivity index (χ0n) is 20.8.